The van der Waals surface area contributed by atoms with E-state index in [0.29, 0.717) is 36.1 Å². The van der Waals surface area contributed by atoms with E-state index in [9.17, 15) is 9.59 Å². The van der Waals surface area contributed by atoms with Crippen LogP contribution in [0, 0.1) is 5.92 Å². The molecule has 280 valence electrons. The third-order valence-corrected chi connectivity index (χ3v) is 15.4. The lowest BCUT2D eigenvalue weighted by Crippen LogP contribution is -2.54. The van der Waals surface area contributed by atoms with Crippen LogP contribution in [0.15, 0.2) is 53.5 Å². The van der Waals surface area contributed by atoms with E-state index in [2.05, 4.69) is 65.6 Å². The summed E-state index contributed by atoms with van der Waals surface area (Å²) < 4.78 is 35.4. The molecule has 2 rings (SSSR count). The molecule has 0 aliphatic heterocycles. The molecule has 0 aromatic heterocycles. The molecule has 3 atom stereocenters. The number of hydrogen-bond donors (Lipinski definition) is 0. The van der Waals surface area contributed by atoms with Gasteiger partial charge >= 0.3 is 12.1 Å². The van der Waals surface area contributed by atoms with Crippen molar-refractivity contribution in [2.75, 3.05) is 21.3 Å². The zero-order valence-corrected chi connectivity index (χ0v) is 33.8. The molecule has 2 aromatic carbocycles. The Morgan fingerprint density at radius 1 is 0.760 bits per heavy atom. The summed E-state index contributed by atoms with van der Waals surface area (Å²) >= 11 is 0. The molecule has 0 saturated heterocycles. The van der Waals surface area contributed by atoms with Crippen LogP contribution in [0.3, 0.4) is 0 Å². The Bertz CT molecular complexity index is 1330. The third-order valence-electron chi connectivity index (χ3n) is 9.33. The zero-order valence-electron chi connectivity index (χ0n) is 32.8. The minimum absolute atomic E-state index is 0.0119. The van der Waals surface area contributed by atoms with Gasteiger partial charge < -0.3 is 28.1 Å². The minimum Gasteiger partial charge on any atom is -0.497 e. The fourth-order valence-corrected chi connectivity index (χ4v) is 12.6. The van der Waals surface area contributed by atoms with Crippen LogP contribution in [0.2, 0.25) is 16.6 Å². The fraction of sp³-hybridized carbons (Fsp3) is 0.625. The van der Waals surface area contributed by atoms with Crippen LogP contribution in [-0.4, -0.2) is 65.2 Å². The molecule has 9 nitrogen and oxygen atoms in total. The van der Waals surface area contributed by atoms with Crippen LogP contribution in [0.1, 0.15) is 99.6 Å². The summed E-state index contributed by atoms with van der Waals surface area (Å²) in [4.78, 5) is 29.3. The molecule has 0 saturated carbocycles. The van der Waals surface area contributed by atoms with E-state index in [-0.39, 0.29) is 30.3 Å². The average Bonchev–Trinajstić information content (AvgIpc) is 3.05. The van der Waals surface area contributed by atoms with Crippen LogP contribution >= 0.6 is 0 Å². The number of benzene rings is 2. The molecule has 0 heterocycles. The minimum atomic E-state index is -2.37. The van der Waals surface area contributed by atoms with Gasteiger partial charge in [0, 0.05) is 0 Å². The van der Waals surface area contributed by atoms with Crippen molar-refractivity contribution in [2.45, 2.75) is 136 Å². The van der Waals surface area contributed by atoms with Crippen molar-refractivity contribution in [2.24, 2.45) is 10.9 Å². The highest BCUT2D eigenvalue weighted by Crippen LogP contribution is 2.45. The van der Waals surface area contributed by atoms with Crippen molar-refractivity contribution in [3.63, 3.8) is 0 Å². The van der Waals surface area contributed by atoms with Gasteiger partial charge in [0.05, 0.1) is 40.1 Å². The molecular formula is C40H63NO8Si. The molecule has 50 heavy (non-hydrogen) atoms. The van der Waals surface area contributed by atoms with Crippen molar-refractivity contribution in [3.8, 4) is 11.5 Å². The van der Waals surface area contributed by atoms with Crippen molar-refractivity contribution in [3.05, 3.63) is 59.7 Å². The molecule has 1 amide bonds. The summed E-state index contributed by atoms with van der Waals surface area (Å²) in [6.07, 6.45) is 0.923. The summed E-state index contributed by atoms with van der Waals surface area (Å²) in [5.41, 5.74) is 2.60. The number of methoxy groups -OCH3 is 3. The first-order valence-electron chi connectivity index (χ1n) is 17.9. The quantitative estimate of drug-likeness (QED) is 0.0806. The lowest BCUT2D eigenvalue weighted by molar-refractivity contribution is -0.132. The van der Waals surface area contributed by atoms with Crippen molar-refractivity contribution in [1.82, 2.24) is 0 Å². The Labute approximate surface area is 302 Å². The number of aliphatic imine (C=N–C) groups is 1. The highest BCUT2D eigenvalue weighted by molar-refractivity contribution is 6.77. The predicted octanol–water partition coefficient (Wildman–Crippen LogP) is 9.75. The maximum atomic E-state index is 12.7. The topological polar surface area (TPSA) is 102 Å². The summed E-state index contributed by atoms with van der Waals surface area (Å²) in [7, 11) is 2.24. The lowest BCUT2D eigenvalue weighted by atomic mass is 9.86. The van der Waals surface area contributed by atoms with Crippen molar-refractivity contribution < 1.29 is 37.7 Å². The monoisotopic (exact) mass is 713 g/mol. The van der Waals surface area contributed by atoms with Crippen LogP contribution < -0.4 is 9.47 Å². The van der Waals surface area contributed by atoms with E-state index >= 15 is 0 Å². The SMILES string of the molecule is COC(=O)C(CCC[C@H](Cc1ccc(OC)cc1)[C@@H](O[Si](C(C)C)(C(C)C)C(C)C)[C@H](C)OCc1ccc(OC)cc1)=NC(=O)OC(C)(C)C. The Morgan fingerprint density at radius 2 is 1.26 bits per heavy atom. The van der Waals surface area contributed by atoms with Gasteiger partial charge in [-0.25, -0.2) is 9.59 Å². The largest absolute Gasteiger partial charge is 0.497 e. The Morgan fingerprint density at radius 3 is 1.70 bits per heavy atom. The lowest BCUT2D eigenvalue weighted by Gasteiger charge is -2.47. The van der Waals surface area contributed by atoms with Crippen LogP contribution in [0.5, 0.6) is 11.5 Å². The number of hydrogen-bond acceptors (Lipinski definition) is 8. The maximum Gasteiger partial charge on any atom is 0.434 e. The molecule has 0 bridgehead atoms. The van der Waals surface area contributed by atoms with E-state index in [0.717, 1.165) is 29.0 Å². The van der Waals surface area contributed by atoms with Crippen LogP contribution in [-0.2, 0) is 36.5 Å². The number of carbonyl (C=O) groups excluding carboxylic acids is 2. The Kier molecular flexibility index (Phi) is 17.2. The van der Waals surface area contributed by atoms with Gasteiger partial charge in [0.15, 0.2) is 0 Å². The summed E-state index contributed by atoms with van der Waals surface area (Å²) in [5, 5.41) is 0. The predicted molar refractivity (Wildman–Crippen MR) is 203 cm³/mol. The molecule has 0 radical (unpaired) electrons. The van der Waals surface area contributed by atoms with Gasteiger partial charge in [-0.2, -0.15) is 4.99 Å². The van der Waals surface area contributed by atoms with Gasteiger partial charge in [-0.05, 0) is 111 Å². The van der Waals surface area contributed by atoms with Gasteiger partial charge in [-0.3, -0.25) is 0 Å². The summed E-state index contributed by atoms with van der Waals surface area (Å²) in [5.74, 6) is 0.960. The molecule has 0 unspecified atom stereocenters. The average molecular weight is 714 g/mol. The number of esters is 1. The maximum absolute atomic E-state index is 12.7. The second kappa shape index (κ2) is 20.0. The fourth-order valence-electron chi connectivity index (χ4n) is 6.96. The Hall–Kier alpha value is -3.21. The molecule has 0 N–H and O–H groups in total. The third kappa shape index (κ3) is 12.8. The smallest absolute Gasteiger partial charge is 0.434 e. The molecule has 0 fully saturated rings. The van der Waals surface area contributed by atoms with E-state index in [4.69, 9.17) is 28.1 Å². The number of rotatable bonds is 19. The normalized spacial score (nSPS) is 14.4. The second-order valence-corrected chi connectivity index (χ2v) is 20.4. The molecule has 2 aromatic rings. The molecule has 0 spiro atoms. The standard InChI is InChI=1S/C40H63NO8Si/c1-27(2)50(28(3)4,29(5)6)49-37(30(7)47-26-32-19-23-35(45-12)24-20-32)33(25-31-17-21-34(44-11)22-18-31)15-14-16-36(38(42)46-13)41-39(43)48-40(8,9)10/h17-24,27-30,33,37H,14-16,25-26H2,1-13H3/t30-,33+,37-/m0/s1. The molecular weight excluding hydrogens is 651 g/mol. The van der Waals surface area contributed by atoms with Gasteiger partial charge in [0.25, 0.3) is 0 Å². The van der Waals surface area contributed by atoms with E-state index < -0.39 is 26.0 Å². The van der Waals surface area contributed by atoms with E-state index in [1.807, 2.05) is 36.4 Å². The number of ether oxygens (including phenoxy) is 5. The summed E-state index contributed by atoms with van der Waals surface area (Å²) in [6, 6.07) is 16.1. The van der Waals surface area contributed by atoms with Gasteiger partial charge in [-0.1, -0.05) is 65.8 Å². The van der Waals surface area contributed by atoms with Gasteiger partial charge in [-0.15, -0.1) is 0 Å². The highest BCUT2D eigenvalue weighted by Gasteiger charge is 2.48. The summed E-state index contributed by atoms with van der Waals surface area (Å²) in [6.45, 7) is 21.6. The second-order valence-electron chi connectivity index (χ2n) is 15.0. The zero-order chi connectivity index (χ0) is 37.6. The molecule has 10 heteroatoms. The van der Waals surface area contributed by atoms with Crippen molar-refractivity contribution in [1.29, 1.82) is 0 Å². The van der Waals surface area contributed by atoms with E-state index in [1.54, 1.807) is 35.0 Å². The Balaban J connectivity index is 2.56. The molecule has 0 aliphatic rings. The first-order valence-corrected chi connectivity index (χ1v) is 20.0. The number of nitrogens with zero attached hydrogens (tertiary/aromatic N) is 1. The van der Waals surface area contributed by atoms with Crippen LogP contribution in [0.4, 0.5) is 4.79 Å². The first-order chi connectivity index (χ1) is 23.5. The number of amides is 1. The van der Waals surface area contributed by atoms with Gasteiger partial charge in [0.1, 0.15) is 22.8 Å². The highest BCUT2D eigenvalue weighted by atomic mass is 28.4. The molecule has 0 aliphatic carbocycles. The van der Waals surface area contributed by atoms with Crippen LogP contribution in [0.25, 0.3) is 0 Å². The van der Waals surface area contributed by atoms with Crippen molar-refractivity contribution >= 4 is 26.1 Å². The number of carbonyl (C=O) groups is 2. The first kappa shape index (κ1) is 43.0. The van der Waals surface area contributed by atoms with E-state index in [1.165, 1.54) is 7.11 Å². The van der Waals surface area contributed by atoms with Gasteiger partial charge in [0.2, 0.25) is 8.32 Å².